The van der Waals surface area contributed by atoms with E-state index in [-0.39, 0.29) is 6.04 Å². The molecule has 1 aliphatic heterocycles. The fourth-order valence-corrected chi connectivity index (χ4v) is 3.07. The molecule has 1 fully saturated rings. The van der Waals surface area contributed by atoms with Gasteiger partial charge in [0, 0.05) is 31.4 Å². The highest BCUT2D eigenvalue weighted by molar-refractivity contribution is 5.48. The summed E-state index contributed by atoms with van der Waals surface area (Å²) in [5, 5.41) is 0. The molecule has 1 aliphatic rings. The number of likely N-dealkylation sites (N-methyl/N-ethyl adjacent to an activating group) is 1. The summed E-state index contributed by atoms with van der Waals surface area (Å²) >= 11 is 0. The SMILES string of the molecule is CCC1CN(C)CCCN1c1ncccc1CC(C)N. The lowest BCUT2D eigenvalue weighted by atomic mass is 10.1. The van der Waals surface area contributed by atoms with Gasteiger partial charge in [0.1, 0.15) is 5.82 Å². The van der Waals surface area contributed by atoms with Crippen LogP contribution in [-0.4, -0.2) is 48.6 Å². The summed E-state index contributed by atoms with van der Waals surface area (Å²) in [6, 6.07) is 4.91. The third kappa shape index (κ3) is 3.70. The molecule has 2 N–H and O–H groups in total. The van der Waals surface area contributed by atoms with Gasteiger partial charge >= 0.3 is 0 Å². The fraction of sp³-hybridized carbons (Fsp3) is 0.688. The van der Waals surface area contributed by atoms with E-state index in [4.69, 9.17) is 5.73 Å². The first kappa shape index (κ1) is 15.3. The highest BCUT2D eigenvalue weighted by Gasteiger charge is 2.24. The van der Waals surface area contributed by atoms with Gasteiger partial charge in [-0.15, -0.1) is 0 Å². The summed E-state index contributed by atoms with van der Waals surface area (Å²) in [5.74, 6) is 1.15. The molecule has 112 valence electrons. The van der Waals surface area contributed by atoms with E-state index in [1.165, 1.54) is 18.5 Å². The van der Waals surface area contributed by atoms with Crippen molar-refractivity contribution in [3.8, 4) is 0 Å². The summed E-state index contributed by atoms with van der Waals surface area (Å²) in [6.07, 6.45) is 5.15. The molecule has 2 unspecified atom stereocenters. The highest BCUT2D eigenvalue weighted by atomic mass is 15.3. The smallest absolute Gasteiger partial charge is 0.132 e. The van der Waals surface area contributed by atoms with Crippen LogP contribution >= 0.6 is 0 Å². The predicted octanol–water partition coefficient (Wildman–Crippen LogP) is 1.89. The third-order valence-electron chi connectivity index (χ3n) is 4.05. The molecule has 0 aromatic carbocycles. The number of pyridine rings is 1. The van der Waals surface area contributed by atoms with Crippen LogP contribution in [0.2, 0.25) is 0 Å². The number of nitrogens with two attached hydrogens (primary N) is 1. The first-order chi connectivity index (χ1) is 9.61. The first-order valence-electron chi connectivity index (χ1n) is 7.76. The molecule has 0 radical (unpaired) electrons. The second-order valence-electron chi connectivity index (χ2n) is 6.04. The van der Waals surface area contributed by atoms with Gasteiger partial charge in [0.2, 0.25) is 0 Å². The molecular weight excluding hydrogens is 248 g/mol. The Labute approximate surface area is 123 Å². The van der Waals surface area contributed by atoms with E-state index >= 15 is 0 Å². The van der Waals surface area contributed by atoms with Crippen molar-refractivity contribution in [2.24, 2.45) is 5.73 Å². The van der Waals surface area contributed by atoms with E-state index in [1.54, 1.807) is 0 Å². The maximum atomic E-state index is 5.99. The van der Waals surface area contributed by atoms with Crippen LogP contribution in [0.25, 0.3) is 0 Å². The van der Waals surface area contributed by atoms with Crippen LogP contribution in [-0.2, 0) is 6.42 Å². The van der Waals surface area contributed by atoms with E-state index < -0.39 is 0 Å². The fourth-order valence-electron chi connectivity index (χ4n) is 3.07. The van der Waals surface area contributed by atoms with E-state index in [1.807, 2.05) is 12.3 Å². The Morgan fingerprint density at radius 2 is 2.25 bits per heavy atom. The molecule has 20 heavy (non-hydrogen) atoms. The molecule has 1 saturated heterocycles. The van der Waals surface area contributed by atoms with E-state index in [0.717, 1.165) is 31.7 Å². The van der Waals surface area contributed by atoms with E-state index in [0.29, 0.717) is 6.04 Å². The van der Waals surface area contributed by atoms with Crippen molar-refractivity contribution in [3.05, 3.63) is 23.9 Å². The quantitative estimate of drug-likeness (QED) is 0.912. The Kier molecular flexibility index (Phi) is 5.38. The Balaban J connectivity index is 2.27. The molecule has 2 heterocycles. The van der Waals surface area contributed by atoms with Crippen LogP contribution in [0.5, 0.6) is 0 Å². The lowest BCUT2D eigenvalue weighted by molar-refractivity contribution is 0.327. The summed E-state index contributed by atoms with van der Waals surface area (Å²) < 4.78 is 0. The van der Waals surface area contributed by atoms with Gasteiger partial charge in [-0.2, -0.15) is 0 Å². The Morgan fingerprint density at radius 1 is 1.45 bits per heavy atom. The monoisotopic (exact) mass is 276 g/mol. The minimum absolute atomic E-state index is 0.174. The molecule has 1 aromatic heterocycles. The number of aromatic nitrogens is 1. The number of hydrogen-bond donors (Lipinski definition) is 1. The van der Waals surface area contributed by atoms with Gasteiger partial charge < -0.3 is 15.5 Å². The standard InChI is InChI=1S/C16H28N4/c1-4-15-12-19(3)9-6-10-20(15)16-14(11-13(2)17)7-5-8-18-16/h5,7-8,13,15H,4,6,9-12,17H2,1-3H3. The summed E-state index contributed by atoms with van der Waals surface area (Å²) in [4.78, 5) is 9.61. The summed E-state index contributed by atoms with van der Waals surface area (Å²) in [6.45, 7) is 7.70. The van der Waals surface area contributed by atoms with Crippen LogP contribution in [0, 0.1) is 0 Å². The van der Waals surface area contributed by atoms with Crippen molar-refractivity contribution >= 4 is 5.82 Å². The largest absolute Gasteiger partial charge is 0.352 e. The molecule has 0 bridgehead atoms. The number of rotatable bonds is 4. The molecule has 0 saturated carbocycles. The average molecular weight is 276 g/mol. The molecule has 4 nitrogen and oxygen atoms in total. The van der Waals surface area contributed by atoms with Crippen LogP contribution in [0.1, 0.15) is 32.3 Å². The van der Waals surface area contributed by atoms with Crippen molar-refractivity contribution in [1.29, 1.82) is 0 Å². The highest BCUT2D eigenvalue weighted by Crippen LogP contribution is 2.24. The first-order valence-corrected chi connectivity index (χ1v) is 7.76. The lowest BCUT2D eigenvalue weighted by Crippen LogP contribution is -2.41. The maximum absolute atomic E-state index is 5.99. The molecule has 1 aromatic rings. The minimum Gasteiger partial charge on any atom is -0.352 e. The zero-order chi connectivity index (χ0) is 14.5. The second-order valence-corrected chi connectivity index (χ2v) is 6.04. The molecular formula is C16H28N4. The van der Waals surface area contributed by atoms with Crippen LogP contribution in [0.15, 0.2) is 18.3 Å². The normalized spacial score (nSPS) is 22.6. The number of anilines is 1. The minimum atomic E-state index is 0.174. The van der Waals surface area contributed by atoms with Crippen molar-refractivity contribution in [2.75, 3.05) is 31.6 Å². The maximum Gasteiger partial charge on any atom is 0.132 e. The van der Waals surface area contributed by atoms with Gasteiger partial charge in [-0.3, -0.25) is 0 Å². The van der Waals surface area contributed by atoms with Gasteiger partial charge in [-0.25, -0.2) is 4.98 Å². The number of hydrogen-bond acceptors (Lipinski definition) is 4. The zero-order valence-corrected chi connectivity index (χ0v) is 13.0. The van der Waals surface area contributed by atoms with Crippen LogP contribution < -0.4 is 10.6 Å². The lowest BCUT2D eigenvalue weighted by Gasteiger charge is -2.32. The molecule has 4 heteroatoms. The van der Waals surface area contributed by atoms with Gasteiger partial charge in [0.25, 0.3) is 0 Å². The van der Waals surface area contributed by atoms with Gasteiger partial charge in [0.15, 0.2) is 0 Å². The van der Waals surface area contributed by atoms with Crippen molar-refractivity contribution in [3.63, 3.8) is 0 Å². The summed E-state index contributed by atoms with van der Waals surface area (Å²) in [5.41, 5.74) is 7.27. The van der Waals surface area contributed by atoms with Crippen molar-refractivity contribution in [1.82, 2.24) is 9.88 Å². The Bertz CT molecular complexity index is 419. The third-order valence-corrected chi connectivity index (χ3v) is 4.05. The van der Waals surface area contributed by atoms with Crippen molar-refractivity contribution < 1.29 is 0 Å². The second kappa shape index (κ2) is 7.04. The Morgan fingerprint density at radius 3 is 2.95 bits per heavy atom. The van der Waals surface area contributed by atoms with Gasteiger partial charge in [0.05, 0.1) is 0 Å². The molecule has 0 amide bonds. The number of nitrogens with zero attached hydrogens (tertiary/aromatic N) is 3. The zero-order valence-electron chi connectivity index (χ0n) is 13.0. The predicted molar refractivity (Wildman–Crippen MR) is 85.1 cm³/mol. The Hall–Kier alpha value is -1.13. The molecule has 0 spiro atoms. The van der Waals surface area contributed by atoms with Gasteiger partial charge in [-0.05, 0) is 51.4 Å². The van der Waals surface area contributed by atoms with Crippen LogP contribution in [0.3, 0.4) is 0 Å². The van der Waals surface area contributed by atoms with E-state index in [2.05, 4.69) is 41.7 Å². The molecule has 0 aliphatic carbocycles. The topological polar surface area (TPSA) is 45.4 Å². The van der Waals surface area contributed by atoms with Crippen LogP contribution in [0.4, 0.5) is 5.82 Å². The summed E-state index contributed by atoms with van der Waals surface area (Å²) in [7, 11) is 2.22. The molecule has 2 atom stereocenters. The van der Waals surface area contributed by atoms with E-state index in [9.17, 15) is 0 Å². The van der Waals surface area contributed by atoms with Crippen molar-refractivity contribution in [2.45, 2.75) is 45.2 Å². The molecule has 2 rings (SSSR count). The van der Waals surface area contributed by atoms with Gasteiger partial charge in [-0.1, -0.05) is 13.0 Å². The average Bonchev–Trinajstić information content (AvgIpc) is 2.60.